The third-order valence-electron chi connectivity index (χ3n) is 7.11. The van der Waals surface area contributed by atoms with Gasteiger partial charge in [-0.25, -0.2) is 0 Å². The van der Waals surface area contributed by atoms with E-state index in [9.17, 15) is 9.59 Å². The van der Waals surface area contributed by atoms with Crippen LogP contribution in [0.3, 0.4) is 0 Å². The molecule has 3 aromatic carbocycles. The second-order valence-electron chi connectivity index (χ2n) is 9.82. The lowest BCUT2D eigenvalue weighted by Gasteiger charge is -2.32. The average Bonchev–Trinajstić information content (AvgIpc) is 2.97. The highest BCUT2D eigenvalue weighted by molar-refractivity contribution is 5.88. The Bertz CT molecular complexity index is 1190. The van der Waals surface area contributed by atoms with Crippen molar-refractivity contribution >= 4 is 11.8 Å². The number of nitrogens with zero attached hydrogens (tertiary/aromatic N) is 1. The maximum Gasteiger partial charge on any atom is 0.247 e. The highest BCUT2D eigenvalue weighted by Crippen LogP contribution is 2.26. The number of allylic oxidation sites excluding steroid dienone is 1. The maximum atomic E-state index is 13.8. The SMILES string of the molecule is COc1ccc(CN(C(=O)CCc2ccccc2)C(C(=O)NCCC2=CCCCC2)c2ccccc2)cc1. The predicted molar refractivity (Wildman–Crippen MR) is 152 cm³/mol. The quantitative estimate of drug-likeness (QED) is 0.287. The van der Waals surface area contributed by atoms with E-state index in [-0.39, 0.29) is 11.8 Å². The predicted octanol–water partition coefficient (Wildman–Crippen LogP) is 6.40. The van der Waals surface area contributed by atoms with E-state index in [1.165, 1.54) is 18.4 Å². The van der Waals surface area contributed by atoms with Crippen LogP contribution in [0.4, 0.5) is 0 Å². The number of amides is 2. The number of nitrogens with one attached hydrogen (secondary N) is 1. The zero-order chi connectivity index (χ0) is 26.6. The fourth-order valence-electron chi connectivity index (χ4n) is 4.97. The normalized spacial score (nSPS) is 13.8. The molecule has 0 fully saturated rings. The lowest BCUT2D eigenvalue weighted by atomic mass is 9.97. The Morgan fingerprint density at radius 1 is 0.868 bits per heavy atom. The highest BCUT2D eigenvalue weighted by Gasteiger charge is 2.31. The van der Waals surface area contributed by atoms with Gasteiger partial charge in [0.15, 0.2) is 0 Å². The van der Waals surface area contributed by atoms with Crippen molar-refractivity contribution in [3.8, 4) is 5.75 Å². The van der Waals surface area contributed by atoms with Crippen LogP contribution in [0.15, 0.2) is 96.6 Å². The summed E-state index contributed by atoms with van der Waals surface area (Å²) in [7, 11) is 1.63. The summed E-state index contributed by atoms with van der Waals surface area (Å²) < 4.78 is 5.31. The first-order valence-electron chi connectivity index (χ1n) is 13.6. The average molecular weight is 511 g/mol. The molecule has 1 N–H and O–H groups in total. The van der Waals surface area contributed by atoms with E-state index in [1.54, 1.807) is 12.0 Å². The van der Waals surface area contributed by atoms with Crippen LogP contribution < -0.4 is 10.1 Å². The molecule has 0 saturated carbocycles. The second-order valence-corrected chi connectivity index (χ2v) is 9.82. The first-order chi connectivity index (χ1) is 18.6. The molecule has 5 nitrogen and oxygen atoms in total. The van der Waals surface area contributed by atoms with Crippen molar-refractivity contribution in [1.82, 2.24) is 10.2 Å². The van der Waals surface area contributed by atoms with Gasteiger partial charge in [0.25, 0.3) is 0 Å². The van der Waals surface area contributed by atoms with Gasteiger partial charge in [0.1, 0.15) is 11.8 Å². The molecular weight excluding hydrogens is 472 g/mol. The summed E-state index contributed by atoms with van der Waals surface area (Å²) in [5, 5.41) is 3.15. The van der Waals surface area contributed by atoms with E-state index in [0.717, 1.165) is 41.7 Å². The molecule has 0 radical (unpaired) electrons. The molecule has 38 heavy (non-hydrogen) atoms. The van der Waals surface area contributed by atoms with E-state index in [1.807, 2.05) is 84.9 Å². The lowest BCUT2D eigenvalue weighted by molar-refractivity contribution is -0.141. The van der Waals surface area contributed by atoms with Gasteiger partial charge in [0.05, 0.1) is 7.11 Å². The molecule has 0 aliphatic heterocycles. The van der Waals surface area contributed by atoms with Gasteiger partial charge in [-0.05, 0) is 67.3 Å². The Labute approximate surface area is 226 Å². The number of hydrogen-bond acceptors (Lipinski definition) is 3. The van der Waals surface area contributed by atoms with Gasteiger partial charge in [-0.2, -0.15) is 0 Å². The topological polar surface area (TPSA) is 58.6 Å². The van der Waals surface area contributed by atoms with Crippen molar-refractivity contribution < 1.29 is 14.3 Å². The van der Waals surface area contributed by atoms with Crippen LogP contribution in [0, 0.1) is 0 Å². The van der Waals surface area contributed by atoms with Crippen molar-refractivity contribution in [2.24, 2.45) is 0 Å². The molecule has 0 aromatic heterocycles. The van der Waals surface area contributed by atoms with Crippen LogP contribution in [0.5, 0.6) is 5.75 Å². The Balaban J connectivity index is 1.57. The summed E-state index contributed by atoms with van der Waals surface area (Å²) in [6, 6.07) is 26.6. The van der Waals surface area contributed by atoms with E-state index in [4.69, 9.17) is 4.74 Å². The molecule has 0 heterocycles. The summed E-state index contributed by atoms with van der Waals surface area (Å²) >= 11 is 0. The zero-order valence-corrected chi connectivity index (χ0v) is 22.3. The summed E-state index contributed by atoms with van der Waals surface area (Å²) in [4.78, 5) is 29.3. The summed E-state index contributed by atoms with van der Waals surface area (Å²) in [6.45, 7) is 0.901. The van der Waals surface area contributed by atoms with Gasteiger partial charge in [0.2, 0.25) is 11.8 Å². The smallest absolute Gasteiger partial charge is 0.247 e. The second kappa shape index (κ2) is 14.2. The van der Waals surface area contributed by atoms with Crippen LogP contribution in [-0.2, 0) is 22.6 Å². The van der Waals surface area contributed by atoms with Gasteiger partial charge in [-0.1, -0.05) is 84.4 Å². The Kier molecular flexibility index (Phi) is 10.1. The number of benzene rings is 3. The maximum absolute atomic E-state index is 13.8. The van der Waals surface area contributed by atoms with Crippen LogP contribution in [-0.4, -0.2) is 30.4 Å². The third kappa shape index (κ3) is 7.82. The minimum Gasteiger partial charge on any atom is -0.497 e. The first-order valence-corrected chi connectivity index (χ1v) is 13.6. The number of aryl methyl sites for hydroxylation is 1. The molecular formula is C33H38N2O3. The largest absolute Gasteiger partial charge is 0.497 e. The van der Waals surface area contributed by atoms with Crippen LogP contribution >= 0.6 is 0 Å². The van der Waals surface area contributed by atoms with E-state index >= 15 is 0 Å². The van der Waals surface area contributed by atoms with Crippen molar-refractivity contribution in [3.05, 3.63) is 113 Å². The number of methoxy groups -OCH3 is 1. The molecule has 3 aromatic rings. The van der Waals surface area contributed by atoms with Gasteiger partial charge in [-0.3, -0.25) is 9.59 Å². The number of hydrogen-bond donors (Lipinski definition) is 1. The monoisotopic (exact) mass is 510 g/mol. The molecule has 1 aliphatic carbocycles. The van der Waals surface area contributed by atoms with Crippen molar-refractivity contribution in [1.29, 1.82) is 0 Å². The zero-order valence-electron chi connectivity index (χ0n) is 22.3. The number of carbonyl (C=O) groups is 2. The Morgan fingerprint density at radius 2 is 1.58 bits per heavy atom. The minimum absolute atomic E-state index is 0.0522. The fourth-order valence-corrected chi connectivity index (χ4v) is 4.97. The lowest BCUT2D eigenvalue weighted by Crippen LogP contribution is -2.43. The summed E-state index contributed by atoms with van der Waals surface area (Å²) in [5.41, 5.74) is 4.27. The Hall–Kier alpha value is -3.86. The van der Waals surface area contributed by atoms with Crippen LogP contribution in [0.2, 0.25) is 0 Å². The Morgan fingerprint density at radius 3 is 2.24 bits per heavy atom. The molecule has 1 unspecified atom stereocenters. The van der Waals surface area contributed by atoms with Crippen LogP contribution in [0.1, 0.15) is 61.3 Å². The fraction of sp³-hybridized carbons (Fsp3) is 0.333. The van der Waals surface area contributed by atoms with Gasteiger partial charge >= 0.3 is 0 Å². The summed E-state index contributed by atoms with van der Waals surface area (Å²) in [5.74, 6) is 0.558. The standard InChI is InChI=1S/C33H38N2O3/c1-38-30-20-17-28(18-21-30)25-35(31(36)22-19-26-11-5-2-6-12-26)32(29-15-9-4-10-16-29)33(37)34-24-23-27-13-7-3-8-14-27/h2,4-6,9-13,15-18,20-21,32H,3,7-8,14,19,22-25H2,1H3,(H,34,37). The van der Waals surface area contributed by atoms with Crippen molar-refractivity contribution in [2.75, 3.05) is 13.7 Å². The van der Waals surface area contributed by atoms with E-state index in [0.29, 0.717) is 25.9 Å². The molecule has 1 atom stereocenters. The molecule has 0 spiro atoms. The number of carbonyl (C=O) groups excluding carboxylic acids is 2. The highest BCUT2D eigenvalue weighted by atomic mass is 16.5. The molecule has 4 rings (SSSR count). The molecule has 5 heteroatoms. The van der Waals surface area contributed by atoms with Gasteiger partial charge < -0.3 is 15.0 Å². The van der Waals surface area contributed by atoms with Crippen molar-refractivity contribution in [2.45, 2.75) is 57.5 Å². The van der Waals surface area contributed by atoms with Crippen molar-refractivity contribution in [3.63, 3.8) is 0 Å². The van der Waals surface area contributed by atoms with E-state index in [2.05, 4.69) is 11.4 Å². The number of rotatable bonds is 12. The minimum atomic E-state index is -0.720. The molecule has 0 bridgehead atoms. The van der Waals surface area contributed by atoms with Gasteiger partial charge in [-0.15, -0.1) is 0 Å². The molecule has 2 amide bonds. The van der Waals surface area contributed by atoms with Gasteiger partial charge in [0, 0.05) is 19.5 Å². The molecule has 0 saturated heterocycles. The third-order valence-corrected chi connectivity index (χ3v) is 7.11. The number of ether oxygens (including phenoxy) is 1. The molecule has 198 valence electrons. The summed E-state index contributed by atoms with van der Waals surface area (Å²) in [6.07, 6.45) is 8.82. The van der Waals surface area contributed by atoms with Crippen LogP contribution in [0.25, 0.3) is 0 Å². The first kappa shape index (κ1) is 27.2. The molecule has 1 aliphatic rings. The van der Waals surface area contributed by atoms with E-state index < -0.39 is 6.04 Å².